The van der Waals surface area contributed by atoms with Gasteiger partial charge in [-0.3, -0.25) is 14.9 Å². The molecule has 1 aromatic heterocycles. The standard InChI is InChI=1S/C21H13Cl2N3O4/c22-13-3-1-12(2-4-13)9-20-25-18-10-14(5-8-19(18)30-20)24-21(27)16-11-15(26(28)29)6-7-17(16)23/h1-8,10-11H,9H2,(H,24,27). The van der Waals surface area contributed by atoms with E-state index >= 15 is 0 Å². The van der Waals surface area contributed by atoms with Crippen LogP contribution in [0.4, 0.5) is 11.4 Å². The van der Waals surface area contributed by atoms with E-state index in [2.05, 4.69) is 10.3 Å². The van der Waals surface area contributed by atoms with Gasteiger partial charge in [-0.05, 0) is 42.0 Å². The van der Waals surface area contributed by atoms with E-state index in [-0.39, 0.29) is 16.3 Å². The number of non-ortho nitro benzene ring substituents is 1. The number of hydrogen-bond acceptors (Lipinski definition) is 5. The number of hydrogen-bond donors (Lipinski definition) is 1. The predicted molar refractivity (Wildman–Crippen MR) is 114 cm³/mol. The average Bonchev–Trinajstić information content (AvgIpc) is 3.11. The summed E-state index contributed by atoms with van der Waals surface area (Å²) in [5.41, 5.74) is 2.39. The normalized spacial score (nSPS) is 10.9. The van der Waals surface area contributed by atoms with Gasteiger partial charge in [-0.25, -0.2) is 4.98 Å². The lowest BCUT2D eigenvalue weighted by molar-refractivity contribution is -0.384. The van der Waals surface area contributed by atoms with Crippen molar-refractivity contribution in [3.05, 3.63) is 97.8 Å². The molecule has 30 heavy (non-hydrogen) atoms. The van der Waals surface area contributed by atoms with Gasteiger partial charge >= 0.3 is 0 Å². The van der Waals surface area contributed by atoms with Crippen LogP contribution >= 0.6 is 23.2 Å². The van der Waals surface area contributed by atoms with E-state index in [4.69, 9.17) is 27.6 Å². The van der Waals surface area contributed by atoms with Crippen LogP contribution in [0.2, 0.25) is 10.0 Å². The van der Waals surface area contributed by atoms with Crippen molar-refractivity contribution in [2.45, 2.75) is 6.42 Å². The number of benzene rings is 3. The van der Waals surface area contributed by atoms with Gasteiger partial charge in [-0.15, -0.1) is 0 Å². The molecule has 7 nitrogen and oxygen atoms in total. The average molecular weight is 442 g/mol. The summed E-state index contributed by atoms with van der Waals surface area (Å²) in [6.45, 7) is 0. The van der Waals surface area contributed by atoms with Gasteiger partial charge in [0.2, 0.25) is 0 Å². The molecule has 0 aliphatic carbocycles. The van der Waals surface area contributed by atoms with Gasteiger partial charge < -0.3 is 9.73 Å². The number of nitrogens with one attached hydrogen (secondary N) is 1. The minimum absolute atomic E-state index is 0.00884. The van der Waals surface area contributed by atoms with E-state index in [0.29, 0.717) is 34.1 Å². The molecule has 0 aliphatic heterocycles. The van der Waals surface area contributed by atoms with Gasteiger partial charge in [0.25, 0.3) is 11.6 Å². The molecule has 4 aromatic rings. The van der Waals surface area contributed by atoms with Crippen molar-refractivity contribution in [1.29, 1.82) is 0 Å². The first-order valence-electron chi connectivity index (χ1n) is 8.78. The van der Waals surface area contributed by atoms with Crippen LogP contribution in [-0.4, -0.2) is 15.8 Å². The monoisotopic (exact) mass is 441 g/mol. The van der Waals surface area contributed by atoms with E-state index < -0.39 is 10.8 Å². The van der Waals surface area contributed by atoms with Crippen molar-refractivity contribution >= 4 is 51.6 Å². The van der Waals surface area contributed by atoms with Crippen LogP contribution in [-0.2, 0) is 6.42 Å². The van der Waals surface area contributed by atoms with E-state index in [9.17, 15) is 14.9 Å². The van der Waals surface area contributed by atoms with E-state index in [1.165, 1.54) is 12.1 Å². The second kappa shape index (κ2) is 8.14. The van der Waals surface area contributed by atoms with Crippen molar-refractivity contribution < 1.29 is 14.1 Å². The third kappa shape index (κ3) is 4.27. The summed E-state index contributed by atoms with van der Waals surface area (Å²) in [5.74, 6) is -0.0366. The molecular weight excluding hydrogens is 429 g/mol. The van der Waals surface area contributed by atoms with Crippen LogP contribution in [0, 0.1) is 10.1 Å². The molecule has 0 unspecified atom stereocenters. The Bertz CT molecular complexity index is 1270. The zero-order valence-corrected chi connectivity index (χ0v) is 16.8. The maximum Gasteiger partial charge on any atom is 0.270 e. The molecule has 150 valence electrons. The molecule has 0 aliphatic rings. The van der Waals surface area contributed by atoms with Crippen molar-refractivity contribution in [3.63, 3.8) is 0 Å². The Labute approximate surface area is 180 Å². The highest BCUT2D eigenvalue weighted by atomic mass is 35.5. The fourth-order valence-electron chi connectivity index (χ4n) is 2.90. The van der Waals surface area contributed by atoms with Crippen LogP contribution < -0.4 is 5.32 Å². The smallest absolute Gasteiger partial charge is 0.270 e. The first kappa shape index (κ1) is 19.9. The van der Waals surface area contributed by atoms with Gasteiger partial charge in [0.1, 0.15) is 5.52 Å². The summed E-state index contributed by atoms with van der Waals surface area (Å²) in [4.78, 5) is 27.4. The molecule has 0 fully saturated rings. The number of oxazole rings is 1. The number of rotatable bonds is 5. The number of aromatic nitrogens is 1. The third-order valence-corrected chi connectivity index (χ3v) is 4.95. The molecule has 0 saturated carbocycles. The van der Waals surface area contributed by atoms with Crippen LogP contribution in [0.3, 0.4) is 0 Å². The zero-order valence-electron chi connectivity index (χ0n) is 15.3. The molecule has 0 bridgehead atoms. The topological polar surface area (TPSA) is 98.3 Å². The number of carbonyl (C=O) groups is 1. The quantitative estimate of drug-likeness (QED) is 0.307. The second-order valence-corrected chi connectivity index (χ2v) is 7.31. The Balaban J connectivity index is 1.55. The Morgan fingerprint density at radius 3 is 2.57 bits per heavy atom. The highest BCUT2D eigenvalue weighted by Gasteiger charge is 2.17. The molecule has 1 N–H and O–H groups in total. The Kier molecular flexibility index (Phi) is 5.39. The van der Waals surface area contributed by atoms with Crippen molar-refractivity contribution in [3.8, 4) is 0 Å². The molecular formula is C21H13Cl2N3O4. The lowest BCUT2D eigenvalue weighted by atomic mass is 10.1. The number of fused-ring (bicyclic) bond motifs is 1. The fraction of sp³-hybridized carbons (Fsp3) is 0.0476. The van der Waals surface area contributed by atoms with Crippen LogP contribution in [0.25, 0.3) is 11.1 Å². The molecule has 0 saturated heterocycles. The summed E-state index contributed by atoms with van der Waals surface area (Å²) in [6.07, 6.45) is 0.497. The van der Waals surface area contributed by atoms with Gasteiger partial charge in [0, 0.05) is 29.3 Å². The predicted octanol–water partition coefficient (Wildman–Crippen LogP) is 5.89. The van der Waals surface area contributed by atoms with Crippen molar-refractivity contribution in [2.75, 3.05) is 5.32 Å². The second-order valence-electron chi connectivity index (χ2n) is 6.47. The van der Waals surface area contributed by atoms with Crippen molar-refractivity contribution in [2.24, 2.45) is 0 Å². The number of carbonyl (C=O) groups excluding carboxylic acids is 1. The van der Waals surface area contributed by atoms with Crippen LogP contribution in [0.1, 0.15) is 21.8 Å². The van der Waals surface area contributed by atoms with Gasteiger partial charge in [-0.2, -0.15) is 0 Å². The Morgan fingerprint density at radius 1 is 1.07 bits per heavy atom. The molecule has 4 rings (SSSR count). The van der Waals surface area contributed by atoms with Gasteiger partial charge in [0.05, 0.1) is 15.5 Å². The highest BCUT2D eigenvalue weighted by molar-refractivity contribution is 6.34. The van der Waals surface area contributed by atoms with E-state index in [0.717, 1.165) is 11.6 Å². The summed E-state index contributed by atoms with van der Waals surface area (Å²) in [6, 6.07) is 16.1. The molecule has 1 heterocycles. The summed E-state index contributed by atoms with van der Waals surface area (Å²) >= 11 is 11.9. The fourth-order valence-corrected chi connectivity index (χ4v) is 3.23. The molecule has 0 radical (unpaired) electrons. The summed E-state index contributed by atoms with van der Waals surface area (Å²) in [7, 11) is 0. The minimum atomic E-state index is -0.587. The van der Waals surface area contributed by atoms with E-state index in [1.54, 1.807) is 30.3 Å². The number of nitrogens with zero attached hydrogens (tertiary/aromatic N) is 2. The molecule has 1 amide bonds. The Morgan fingerprint density at radius 2 is 1.83 bits per heavy atom. The lowest BCUT2D eigenvalue weighted by Crippen LogP contribution is -2.12. The highest BCUT2D eigenvalue weighted by Crippen LogP contribution is 2.25. The summed E-state index contributed by atoms with van der Waals surface area (Å²) in [5, 5.41) is 14.4. The number of amides is 1. The number of nitro benzene ring substituents is 1. The maximum atomic E-state index is 12.5. The molecule has 9 heteroatoms. The minimum Gasteiger partial charge on any atom is -0.440 e. The van der Waals surface area contributed by atoms with Gasteiger partial charge in [0.15, 0.2) is 11.5 Å². The summed E-state index contributed by atoms with van der Waals surface area (Å²) < 4.78 is 5.76. The first-order valence-corrected chi connectivity index (χ1v) is 9.54. The zero-order chi connectivity index (χ0) is 21.3. The molecule has 3 aromatic carbocycles. The van der Waals surface area contributed by atoms with Gasteiger partial charge in [-0.1, -0.05) is 35.3 Å². The number of anilines is 1. The van der Waals surface area contributed by atoms with Crippen molar-refractivity contribution in [1.82, 2.24) is 4.98 Å². The SMILES string of the molecule is O=C(Nc1ccc2oc(Cc3ccc(Cl)cc3)nc2c1)c1cc([N+](=O)[O-])ccc1Cl. The van der Waals surface area contributed by atoms with Crippen LogP contribution in [0.5, 0.6) is 0 Å². The number of halogens is 2. The maximum absolute atomic E-state index is 12.5. The molecule has 0 spiro atoms. The number of nitro groups is 1. The van der Waals surface area contributed by atoms with Crippen LogP contribution in [0.15, 0.2) is 65.1 Å². The lowest BCUT2D eigenvalue weighted by Gasteiger charge is -2.06. The largest absolute Gasteiger partial charge is 0.440 e. The Hall–Kier alpha value is -3.42. The third-order valence-electron chi connectivity index (χ3n) is 4.36. The van der Waals surface area contributed by atoms with E-state index in [1.807, 2.05) is 12.1 Å². The first-order chi connectivity index (χ1) is 14.4. The molecule has 0 atom stereocenters.